The standard InChI is InChI=1S/C27H31BrN7O2P/c1-6-35-22-11-12-34(2)23-14-24(37-3)21(13-17(23)18(22)15-30-35)32-27-29-16-19(28)26(33-27)31-20-9-7-8-10-25(20)38(4,5)36/h7-10,13-16H,6,11-12H2,1-5H3,(H2,29,31,32,33). The fourth-order valence-corrected chi connectivity index (χ4v) is 6.19. The molecular weight excluding hydrogens is 565 g/mol. The minimum atomic E-state index is -2.50. The van der Waals surface area contributed by atoms with E-state index in [0.717, 1.165) is 53.0 Å². The first-order chi connectivity index (χ1) is 18.2. The van der Waals surface area contributed by atoms with Crippen molar-refractivity contribution in [3.63, 3.8) is 0 Å². The van der Waals surface area contributed by atoms with Gasteiger partial charge in [-0.25, -0.2) is 4.98 Å². The van der Waals surface area contributed by atoms with Gasteiger partial charge in [0.25, 0.3) is 0 Å². The van der Waals surface area contributed by atoms with E-state index < -0.39 is 7.14 Å². The SMILES string of the molecule is CCn1ncc2c1CCN(C)c1cc(OC)c(Nc3ncc(Br)c(Nc4ccccc4P(C)(C)=O)n3)cc1-2. The van der Waals surface area contributed by atoms with Crippen molar-refractivity contribution >= 4 is 57.2 Å². The molecule has 0 fully saturated rings. The summed E-state index contributed by atoms with van der Waals surface area (Å²) in [5.41, 5.74) is 6.00. The zero-order valence-electron chi connectivity index (χ0n) is 22.1. The third-order valence-corrected chi connectivity index (χ3v) is 8.81. The van der Waals surface area contributed by atoms with Crippen LogP contribution >= 0.6 is 23.1 Å². The molecule has 1 aliphatic heterocycles. The van der Waals surface area contributed by atoms with E-state index in [1.807, 2.05) is 36.5 Å². The van der Waals surface area contributed by atoms with Gasteiger partial charge < -0.3 is 24.8 Å². The molecule has 0 atom stereocenters. The number of aryl methyl sites for hydroxylation is 1. The van der Waals surface area contributed by atoms with Crippen molar-refractivity contribution in [2.45, 2.75) is 19.9 Å². The molecule has 38 heavy (non-hydrogen) atoms. The minimum Gasteiger partial charge on any atom is -0.494 e. The number of benzene rings is 2. The van der Waals surface area contributed by atoms with Gasteiger partial charge in [-0.05, 0) is 54.4 Å². The molecule has 0 saturated carbocycles. The molecule has 0 radical (unpaired) electrons. The molecule has 3 heterocycles. The van der Waals surface area contributed by atoms with Crippen LogP contribution in [0.4, 0.5) is 28.8 Å². The average Bonchev–Trinajstić information content (AvgIpc) is 3.25. The second kappa shape index (κ2) is 10.4. The molecule has 2 aromatic carbocycles. The lowest BCUT2D eigenvalue weighted by Gasteiger charge is -2.22. The number of ether oxygens (including phenoxy) is 1. The Morgan fingerprint density at radius 2 is 1.89 bits per heavy atom. The molecule has 0 unspecified atom stereocenters. The van der Waals surface area contributed by atoms with Crippen LogP contribution in [0, 0.1) is 0 Å². The number of fused-ring (bicyclic) bond motifs is 3. The van der Waals surface area contributed by atoms with Crippen molar-refractivity contribution in [3.8, 4) is 16.9 Å². The molecule has 5 rings (SSSR count). The van der Waals surface area contributed by atoms with Gasteiger partial charge in [0, 0.05) is 66.6 Å². The van der Waals surface area contributed by atoms with Gasteiger partial charge in [0.05, 0.1) is 29.2 Å². The number of nitrogens with zero attached hydrogens (tertiary/aromatic N) is 5. The summed E-state index contributed by atoms with van der Waals surface area (Å²) < 4.78 is 21.4. The van der Waals surface area contributed by atoms with E-state index in [1.165, 1.54) is 5.69 Å². The van der Waals surface area contributed by atoms with E-state index in [4.69, 9.17) is 9.72 Å². The first-order valence-electron chi connectivity index (χ1n) is 12.4. The second-order valence-electron chi connectivity index (χ2n) is 9.57. The van der Waals surface area contributed by atoms with Crippen LogP contribution in [0.25, 0.3) is 11.1 Å². The third kappa shape index (κ3) is 5.02. The van der Waals surface area contributed by atoms with Crippen LogP contribution in [0.1, 0.15) is 12.6 Å². The summed E-state index contributed by atoms with van der Waals surface area (Å²) >= 11 is 3.54. The van der Waals surface area contributed by atoms with Gasteiger partial charge in [-0.15, -0.1) is 0 Å². The van der Waals surface area contributed by atoms with E-state index in [9.17, 15) is 4.57 Å². The lowest BCUT2D eigenvalue weighted by Crippen LogP contribution is -2.20. The Kier molecular flexibility index (Phi) is 7.20. The van der Waals surface area contributed by atoms with Crippen molar-refractivity contribution in [2.24, 2.45) is 0 Å². The Labute approximate surface area is 231 Å². The summed E-state index contributed by atoms with van der Waals surface area (Å²) in [5, 5.41) is 12.1. The Morgan fingerprint density at radius 3 is 2.63 bits per heavy atom. The largest absolute Gasteiger partial charge is 0.494 e. The van der Waals surface area contributed by atoms with Crippen LogP contribution in [0.5, 0.6) is 5.75 Å². The van der Waals surface area contributed by atoms with Crippen molar-refractivity contribution in [1.82, 2.24) is 19.7 Å². The molecule has 198 valence electrons. The number of likely N-dealkylation sites (N-methyl/N-ethyl adjacent to an activating group) is 1. The van der Waals surface area contributed by atoms with Gasteiger partial charge in [0.2, 0.25) is 5.95 Å². The van der Waals surface area contributed by atoms with Crippen molar-refractivity contribution in [3.05, 3.63) is 59.0 Å². The minimum absolute atomic E-state index is 0.397. The fourth-order valence-electron chi connectivity index (χ4n) is 4.75. The molecule has 1 aliphatic rings. The number of halogens is 1. The van der Waals surface area contributed by atoms with Crippen molar-refractivity contribution in [2.75, 3.05) is 49.6 Å². The third-order valence-electron chi connectivity index (χ3n) is 6.68. The molecule has 0 aliphatic carbocycles. The summed E-state index contributed by atoms with van der Waals surface area (Å²) in [5.74, 6) is 1.64. The summed E-state index contributed by atoms with van der Waals surface area (Å²) in [7, 11) is 1.26. The zero-order valence-corrected chi connectivity index (χ0v) is 24.6. The lowest BCUT2D eigenvalue weighted by atomic mass is 10.0. The van der Waals surface area contributed by atoms with Gasteiger partial charge in [0.1, 0.15) is 18.7 Å². The van der Waals surface area contributed by atoms with Crippen LogP contribution in [-0.4, -0.2) is 53.8 Å². The molecule has 9 nitrogen and oxygen atoms in total. The predicted octanol–water partition coefficient (Wildman–Crippen LogP) is 5.86. The van der Waals surface area contributed by atoms with Gasteiger partial charge in [-0.2, -0.15) is 10.1 Å². The van der Waals surface area contributed by atoms with Crippen LogP contribution in [0.2, 0.25) is 0 Å². The second-order valence-corrected chi connectivity index (χ2v) is 13.6. The molecule has 11 heteroatoms. The van der Waals surface area contributed by atoms with E-state index in [0.29, 0.717) is 22.0 Å². The molecule has 2 N–H and O–H groups in total. The van der Waals surface area contributed by atoms with E-state index in [-0.39, 0.29) is 0 Å². The number of anilines is 5. The highest BCUT2D eigenvalue weighted by Gasteiger charge is 2.24. The van der Waals surface area contributed by atoms with Gasteiger partial charge in [-0.1, -0.05) is 12.1 Å². The number of nitrogens with one attached hydrogen (secondary N) is 2. The quantitative estimate of drug-likeness (QED) is 0.256. The first kappa shape index (κ1) is 26.3. The summed E-state index contributed by atoms with van der Waals surface area (Å²) in [4.78, 5) is 11.4. The molecule has 0 amide bonds. The highest BCUT2D eigenvalue weighted by molar-refractivity contribution is 9.10. The molecule has 0 spiro atoms. The monoisotopic (exact) mass is 595 g/mol. The average molecular weight is 596 g/mol. The van der Waals surface area contributed by atoms with Crippen LogP contribution in [0.15, 0.2) is 53.3 Å². The Hall–Kier alpha value is -3.36. The highest BCUT2D eigenvalue weighted by atomic mass is 79.9. The Morgan fingerprint density at radius 1 is 1.11 bits per heavy atom. The van der Waals surface area contributed by atoms with Gasteiger partial charge in [-0.3, -0.25) is 4.68 Å². The number of hydrogen-bond donors (Lipinski definition) is 2. The number of hydrogen-bond acceptors (Lipinski definition) is 8. The zero-order chi connectivity index (χ0) is 27.0. The van der Waals surface area contributed by atoms with Gasteiger partial charge in [0.15, 0.2) is 0 Å². The molecule has 0 saturated heterocycles. The maximum Gasteiger partial charge on any atom is 0.229 e. The van der Waals surface area contributed by atoms with E-state index in [2.05, 4.69) is 66.3 Å². The number of rotatable bonds is 7. The van der Waals surface area contributed by atoms with Crippen LogP contribution in [-0.2, 0) is 17.5 Å². The van der Waals surface area contributed by atoms with Gasteiger partial charge >= 0.3 is 0 Å². The summed E-state index contributed by atoms with van der Waals surface area (Å²) in [6, 6.07) is 11.7. The topological polar surface area (TPSA) is 97.2 Å². The Balaban J connectivity index is 1.53. The van der Waals surface area contributed by atoms with Crippen molar-refractivity contribution in [1.29, 1.82) is 0 Å². The normalized spacial score (nSPS) is 12.9. The van der Waals surface area contributed by atoms with Crippen molar-refractivity contribution < 1.29 is 9.30 Å². The number of aromatic nitrogens is 4. The Bertz CT molecular complexity index is 1550. The molecule has 0 bridgehead atoms. The van der Waals surface area contributed by atoms with E-state index >= 15 is 0 Å². The highest BCUT2D eigenvalue weighted by Crippen LogP contribution is 2.43. The molecule has 2 aromatic heterocycles. The van der Waals surface area contributed by atoms with Crippen LogP contribution < -0.4 is 25.6 Å². The fraction of sp³-hybridized carbons (Fsp3) is 0.296. The summed E-state index contributed by atoms with van der Waals surface area (Å²) in [6.45, 7) is 7.34. The smallest absolute Gasteiger partial charge is 0.229 e. The predicted molar refractivity (Wildman–Crippen MR) is 159 cm³/mol. The van der Waals surface area contributed by atoms with E-state index in [1.54, 1.807) is 26.6 Å². The number of para-hydroxylation sites is 1. The van der Waals surface area contributed by atoms with Crippen LogP contribution in [0.3, 0.4) is 0 Å². The summed E-state index contributed by atoms with van der Waals surface area (Å²) in [6.07, 6.45) is 4.54. The maximum atomic E-state index is 12.8. The first-order valence-corrected chi connectivity index (χ1v) is 15.8. The molecular formula is C27H31BrN7O2P. The molecule has 4 aromatic rings. The number of methoxy groups -OCH3 is 1. The lowest BCUT2D eigenvalue weighted by molar-refractivity contribution is 0.417. The maximum absolute atomic E-state index is 12.8.